The van der Waals surface area contributed by atoms with Gasteiger partial charge in [-0.2, -0.15) is 0 Å². The number of rotatable bonds is 2. The van der Waals surface area contributed by atoms with Crippen molar-refractivity contribution in [1.29, 1.82) is 0 Å². The first-order chi connectivity index (χ1) is 7.61. The van der Waals surface area contributed by atoms with Gasteiger partial charge in [0.15, 0.2) is 11.6 Å². The maximum atomic E-state index is 13.4. The molecule has 1 saturated heterocycles. The summed E-state index contributed by atoms with van der Waals surface area (Å²) in [6, 6.07) is 1.47. The third-order valence-corrected chi connectivity index (χ3v) is 2.74. The lowest BCUT2D eigenvalue weighted by Crippen LogP contribution is -2.12. The summed E-state index contributed by atoms with van der Waals surface area (Å²) in [5, 5.41) is 3.93. The highest BCUT2D eigenvalue weighted by molar-refractivity contribution is 5.25. The van der Waals surface area contributed by atoms with Gasteiger partial charge in [0.05, 0.1) is 5.29 Å². The Kier molecular flexibility index (Phi) is 2.80. The highest BCUT2D eigenvalue weighted by Gasteiger charge is 2.27. The summed E-state index contributed by atoms with van der Waals surface area (Å²) in [7, 11) is 0. The minimum atomic E-state index is -1.20. The van der Waals surface area contributed by atoms with E-state index in [1.807, 2.05) is 0 Å². The van der Waals surface area contributed by atoms with E-state index in [0.717, 1.165) is 6.07 Å². The number of nitrogens with zero attached hydrogens (tertiary/aromatic N) is 2. The van der Waals surface area contributed by atoms with Gasteiger partial charge in [-0.1, -0.05) is 0 Å². The summed E-state index contributed by atoms with van der Waals surface area (Å²) in [6.07, 6.45) is 0.464. The Morgan fingerprint density at radius 1 is 1.31 bits per heavy atom. The lowest BCUT2D eigenvalue weighted by Gasteiger charge is -2.11. The Balaban J connectivity index is 2.30. The summed E-state index contributed by atoms with van der Waals surface area (Å²) in [6.45, 7) is 0.578. The summed E-state index contributed by atoms with van der Waals surface area (Å²) in [4.78, 5) is 10.2. The third-order valence-electron chi connectivity index (χ3n) is 2.74. The lowest BCUT2D eigenvalue weighted by atomic mass is 9.97. The number of benzene rings is 1. The normalized spacial score (nSPS) is 20.2. The first kappa shape index (κ1) is 10.9. The third kappa shape index (κ3) is 1.87. The summed E-state index contributed by atoms with van der Waals surface area (Å²) in [5.41, 5.74) is -0.0244. The van der Waals surface area contributed by atoms with E-state index in [2.05, 4.69) is 5.29 Å². The van der Waals surface area contributed by atoms with E-state index in [0.29, 0.717) is 19.0 Å². The van der Waals surface area contributed by atoms with Gasteiger partial charge in [0.25, 0.3) is 0 Å². The van der Waals surface area contributed by atoms with Crippen LogP contribution in [0.2, 0.25) is 0 Å². The van der Waals surface area contributed by atoms with Gasteiger partial charge in [-0.05, 0) is 18.1 Å². The van der Waals surface area contributed by atoms with Crippen molar-refractivity contribution < 1.29 is 13.2 Å². The predicted molar refractivity (Wildman–Crippen MR) is 51.0 cm³/mol. The highest BCUT2D eigenvalue weighted by Crippen LogP contribution is 2.30. The molecule has 3 nitrogen and oxygen atoms in total. The molecule has 0 aromatic heterocycles. The fraction of sp³-hybridized carbons (Fsp3) is 0.400. The molecule has 0 radical (unpaired) electrons. The molecule has 6 heteroatoms. The molecular formula is C10H9F3N2O. The molecule has 1 aromatic rings. The summed E-state index contributed by atoms with van der Waals surface area (Å²) < 4.78 is 39.3. The Morgan fingerprint density at radius 3 is 2.69 bits per heavy atom. The van der Waals surface area contributed by atoms with Crippen molar-refractivity contribution in [3.05, 3.63) is 40.1 Å². The standard InChI is InChI=1S/C10H9F3N2O/c11-7-3-8(10(13)9(12)4-7)6-1-2-15(5-6)14-16/h3-4,6H,1-2,5H2. The maximum Gasteiger partial charge on any atom is 0.162 e. The van der Waals surface area contributed by atoms with Crippen LogP contribution >= 0.6 is 0 Å². The molecule has 16 heavy (non-hydrogen) atoms. The van der Waals surface area contributed by atoms with Gasteiger partial charge in [0.1, 0.15) is 5.82 Å². The second-order valence-corrected chi connectivity index (χ2v) is 3.77. The van der Waals surface area contributed by atoms with Crippen LogP contribution < -0.4 is 0 Å². The largest absolute Gasteiger partial charge is 0.260 e. The monoisotopic (exact) mass is 230 g/mol. The van der Waals surface area contributed by atoms with E-state index < -0.39 is 17.5 Å². The highest BCUT2D eigenvalue weighted by atomic mass is 19.2. The molecule has 0 saturated carbocycles. The zero-order chi connectivity index (χ0) is 11.7. The van der Waals surface area contributed by atoms with Crippen molar-refractivity contribution in [3.8, 4) is 0 Å². The van der Waals surface area contributed by atoms with Gasteiger partial charge in [-0.15, -0.1) is 4.91 Å². The average molecular weight is 230 g/mol. The van der Waals surface area contributed by atoms with Gasteiger partial charge in [-0.25, -0.2) is 13.2 Å². The molecule has 1 heterocycles. The minimum absolute atomic E-state index is 0.0244. The van der Waals surface area contributed by atoms with E-state index in [-0.39, 0.29) is 18.0 Å². The van der Waals surface area contributed by atoms with Crippen molar-refractivity contribution >= 4 is 0 Å². The van der Waals surface area contributed by atoms with Gasteiger partial charge in [0.2, 0.25) is 0 Å². The molecule has 1 atom stereocenters. The van der Waals surface area contributed by atoms with E-state index in [4.69, 9.17) is 0 Å². The number of hydrogen-bond donors (Lipinski definition) is 0. The molecule has 0 N–H and O–H groups in total. The number of hydrogen-bond acceptors (Lipinski definition) is 2. The van der Waals surface area contributed by atoms with Gasteiger partial charge < -0.3 is 0 Å². The Hall–Kier alpha value is -1.59. The molecular weight excluding hydrogens is 221 g/mol. The van der Waals surface area contributed by atoms with Crippen molar-refractivity contribution in [2.45, 2.75) is 12.3 Å². The molecule has 1 fully saturated rings. The first-order valence-electron chi connectivity index (χ1n) is 4.84. The molecule has 1 aliphatic rings. The van der Waals surface area contributed by atoms with Crippen LogP contribution in [0, 0.1) is 22.4 Å². The molecule has 1 unspecified atom stereocenters. The minimum Gasteiger partial charge on any atom is -0.260 e. The Labute approximate surface area is 89.8 Å². The van der Waals surface area contributed by atoms with Crippen molar-refractivity contribution in [2.24, 2.45) is 5.29 Å². The molecule has 1 aliphatic heterocycles. The fourth-order valence-electron chi connectivity index (χ4n) is 1.94. The van der Waals surface area contributed by atoms with E-state index >= 15 is 0 Å². The Morgan fingerprint density at radius 2 is 2.06 bits per heavy atom. The van der Waals surface area contributed by atoms with Crippen LogP contribution in [0.25, 0.3) is 0 Å². The second-order valence-electron chi connectivity index (χ2n) is 3.77. The second kappa shape index (κ2) is 4.11. The maximum absolute atomic E-state index is 13.4. The molecule has 0 bridgehead atoms. The van der Waals surface area contributed by atoms with Crippen LogP contribution in [-0.2, 0) is 0 Å². The molecule has 86 valence electrons. The summed E-state index contributed by atoms with van der Waals surface area (Å²) >= 11 is 0. The number of nitroso groups, excluding NO2 is 1. The predicted octanol–water partition coefficient (Wildman–Crippen LogP) is 2.57. The molecule has 0 amide bonds. The zero-order valence-corrected chi connectivity index (χ0v) is 8.29. The van der Waals surface area contributed by atoms with Crippen molar-refractivity contribution in [2.75, 3.05) is 13.1 Å². The Bertz CT molecular complexity index is 425. The molecule has 0 spiro atoms. The van der Waals surface area contributed by atoms with Gasteiger partial charge >= 0.3 is 0 Å². The topological polar surface area (TPSA) is 32.7 Å². The smallest absolute Gasteiger partial charge is 0.162 e. The van der Waals surface area contributed by atoms with E-state index in [1.54, 1.807) is 0 Å². The quantitative estimate of drug-likeness (QED) is 0.577. The van der Waals surface area contributed by atoms with Gasteiger partial charge in [0, 0.05) is 25.1 Å². The van der Waals surface area contributed by atoms with Crippen LogP contribution in [0.5, 0.6) is 0 Å². The van der Waals surface area contributed by atoms with E-state index in [9.17, 15) is 18.1 Å². The average Bonchev–Trinajstić information content (AvgIpc) is 2.71. The SMILES string of the molecule is O=NN1CCC(c2cc(F)cc(F)c2F)C1. The molecule has 1 aromatic carbocycles. The van der Waals surface area contributed by atoms with Crippen LogP contribution in [0.3, 0.4) is 0 Å². The number of halogens is 3. The summed E-state index contributed by atoms with van der Waals surface area (Å²) in [5.74, 6) is -3.44. The van der Waals surface area contributed by atoms with Crippen LogP contribution in [0.15, 0.2) is 17.4 Å². The van der Waals surface area contributed by atoms with Crippen molar-refractivity contribution in [1.82, 2.24) is 5.01 Å². The zero-order valence-electron chi connectivity index (χ0n) is 8.29. The lowest BCUT2D eigenvalue weighted by molar-refractivity contribution is 0.348. The van der Waals surface area contributed by atoms with Gasteiger partial charge in [-0.3, -0.25) is 5.01 Å². The first-order valence-corrected chi connectivity index (χ1v) is 4.84. The van der Waals surface area contributed by atoms with E-state index in [1.165, 1.54) is 5.01 Å². The van der Waals surface area contributed by atoms with Crippen LogP contribution in [0.1, 0.15) is 17.9 Å². The molecule has 2 rings (SSSR count). The van der Waals surface area contributed by atoms with Crippen LogP contribution in [0.4, 0.5) is 13.2 Å². The van der Waals surface area contributed by atoms with Crippen molar-refractivity contribution in [3.63, 3.8) is 0 Å². The fourth-order valence-corrected chi connectivity index (χ4v) is 1.94. The van der Waals surface area contributed by atoms with Crippen LogP contribution in [-0.4, -0.2) is 18.1 Å². The molecule has 0 aliphatic carbocycles.